The summed E-state index contributed by atoms with van der Waals surface area (Å²) in [4.78, 5) is 16.5. The molecular weight excluding hydrogens is 948 g/mol. The summed E-state index contributed by atoms with van der Waals surface area (Å²) in [5.74, 6) is -4.79. The number of esters is 1. The number of halogens is 1. The Kier molecular flexibility index (Phi) is 19.2. The van der Waals surface area contributed by atoms with E-state index in [-0.39, 0.29) is 25.0 Å². The fourth-order valence-corrected chi connectivity index (χ4v) is 11.9. The number of benzene rings is 1. The van der Waals surface area contributed by atoms with Crippen LogP contribution in [0.5, 0.6) is 0 Å². The number of hydrogen-bond acceptors (Lipinski definition) is 18. The van der Waals surface area contributed by atoms with Crippen molar-refractivity contribution in [2.75, 3.05) is 34.5 Å². The number of nitrogens with zero attached hydrogens (tertiary/aromatic N) is 7. The topological polar surface area (TPSA) is 262 Å². The van der Waals surface area contributed by atoms with Gasteiger partial charge in [-0.15, -0.1) is 10.2 Å². The van der Waals surface area contributed by atoms with E-state index in [1.54, 1.807) is 71.7 Å². The Hall–Kier alpha value is -3.87. The van der Waals surface area contributed by atoms with E-state index in [4.69, 9.17) is 28.4 Å². The van der Waals surface area contributed by atoms with E-state index < -0.39 is 132 Å². The fourth-order valence-electron chi connectivity index (χ4n) is 11.9. The van der Waals surface area contributed by atoms with Crippen LogP contribution < -0.4 is 0 Å². The number of aliphatic hydroxyl groups is 5. The minimum absolute atomic E-state index is 0.0493. The van der Waals surface area contributed by atoms with Crippen molar-refractivity contribution in [2.45, 2.75) is 191 Å². The maximum absolute atomic E-state index is 14.8. The molecule has 3 fully saturated rings. The molecule has 20 atom stereocenters. The Morgan fingerprint density at radius 3 is 2.26 bits per heavy atom. The van der Waals surface area contributed by atoms with E-state index >= 15 is 0 Å². The Morgan fingerprint density at radius 2 is 1.66 bits per heavy atom. The van der Waals surface area contributed by atoms with Crippen molar-refractivity contribution >= 4 is 11.7 Å². The maximum atomic E-state index is 14.8. The molecule has 410 valence electrons. The second-order valence-electron chi connectivity index (χ2n) is 21.9. The van der Waals surface area contributed by atoms with E-state index in [1.165, 1.54) is 25.8 Å². The maximum Gasteiger partial charge on any atom is 0.309 e. The Balaban J connectivity index is 1.27. The lowest BCUT2D eigenvalue weighted by atomic mass is 9.67. The quantitative estimate of drug-likeness (QED) is 0.117. The van der Waals surface area contributed by atoms with Gasteiger partial charge in [0, 0.05) is 63.4 Å². The van der Waals surface area contributed by atoms with Crippen molar-refractivity contribution in [3.8, 4) is 5.69 Å². The number of cyclic esters (lactones) is 1. The molecule has 3 aromatic rings. The summed E-state index contributed by atoms with van der Waals surface area (Å²) in [5, 5.41) is 85.8. The number of aliphatic hydroxyl groups excluding tert-OH is 3. The van der Waals surface area contributed by atoms with Crippen LogP contribution in [-0.2, 0) is 39.6 Å². The average Bonchev–Trinajstić information content (AvgIpc) is 4.08. The second kappa shape index (κ2) is 24.0. The van der Waals surface area contributed by atoms with Gasteiger partial charge in [-0.1, -0.05) is 57.2 Å². The molecule has 1 aromatic carbocycles. The number of aromatic nitrogens is 6. The average molecular weight is 1030 g/mol. The molecule has 3 aliphatic heterocycles. The van der Waals surface area contributed by atoms with Gasteiger partial charge >= 0.3 is 5.97 Å². The highest BCUT2D eigenvalue weighted by Gasteiger charge is 2.55. The van der Waals surface area contributed by atoms with Gasteiger partial charge in [-0.3, -0.25) is 4.79 Å². The van der Waals surface area contributed by atoms with Crippen LogP contribution >= 0.6 is 0 Å². The van der Waals surface area contributed by atoms with Crippen LogP contribution in [0, 0.1) is 35.0 Å². The van der Waals surface area contributed by atoms with E-state index in [1.807, 2.05) is 50.1 Å². The molecule has 0 spiro atoms. The monoisotopic (exact) mass is 1030 g/mol. The van der Waals surface area contributed by atoms with Crippen LogP contribution in [0.1, 0.15) is 118 Å². The van der Waals surface area contributed by atoms with Gasteiger partial charge < -0.3 is 64.3 Å². The molecular formula is C52H83FN8O12. The van der Waals surface area contributed by atoms with Gasteiger partial charge in [-0.2, -0.15) is 0 Å². The zero-order valence-corrected chi connectivity index (χ0v) is 44.9. The van der Waals surface area contributed by atoms with Crippen LogP contribution in [0.2, 0.25) is 0 Å². The first kappa shape index (κ1) is 58.4. The third kappa shape index (κ3) is 12.5. The number of rotatable bonds is 15. The molecule has 20 nitrogen and oxygen atoms in total. The van der Waals surface area contributed by atoms with E-state index in [2.05, 4.69) is 20.6 Å². The van der Waals surface area contributed by atoms with Crippen LogP contribution in [0.15, 0.2) is 42.9 Å². The molecule has 73 heavy (non-hydrogen) atoms. The molecule has 6 N–H and O–H groups in total. The number of methoxy groups -OCH3 is 2. The van der Waals surface area contributed by atoms with Crippen molar-refractivity contribution in [2.24, 2.45) is 29.6 Å². The number of ether oxygens (including phenoxy) is 6. The predicted octanol–water partition coefficient (Wildman–Crippen LogP) is 4.19. The Morgan fingerprint density at radius 1 is 0.973 bits per heavy atom. The first-order valence-corrected chi connectivity index (χ1v) is 25.8. The zero-order chi connectivity index (χ0) is 53.9. The molecule has 1 unspecified atom stereocenters. The van der Waals surface area contributed by atoms with E-state index in [0.29, 0.717) is 25.1 Å². The van der Waals surface area contributed by atoms with Crippen molar-refractivity contribution in [3.05, 3.63) is 54.1 Å². The summed E-state index contributed by atoms with van der Waals surface area (Å²) >= 11 is 0. The van der Waals surface area contributed by atoms with Crippen LogP contribution in [0.4, 0.5) is 4.39 Å². The van der Waals surface area contributed by atoms with Gasteiger partial charge in [0.1, 0.15) is 42.7 Å². The molecule has 21 heteroatoms. The third-order valence-corrected chi connectivity index (χ3v) is 16.5. The number of alkyl halides is 1. The van der Waals surface area contributed by atoms with Crippen molar-refractivity contribution in [1.82, 2.24) is 34.9 Å². The highest BCUT2D eigenvalue weighted by molar-refractivity contribution is 5.86. The predicted molar refractivity (Wildman–Crippen MR) is 266 cm³/mol. The standard InChI is InChI=1S/C52H83FN8O12/c1-14-40-52(10,67)45(63)32(6)42(54)28(2)24-50(8,66)47(30(4)41(31(5)48(65)72-40)39-25-51(9,69-13)46(64)33(7)71-39)73-49-43(62)37(23-29(3)70-49)59(11)21-19-35-27-61(58-56-35)38(26-53)44(68-12)34-15-17-36(18-16-34)60-22-20-55-57-60/h15-18,20,22,27-33,37-41,43-47,49,54,62-64,66-67H,14,19,21,23-26H2,1-13H3/t28-,29-,30+,31-,32+,33+,37+,38-,39?,40-,41+,43-,44-,45-,46+,47-,49+,50-,51-,52-/m1/s1. The lowest BCUT2D eigenvalue weighted by Gasteiger charge is -2.51. The van der Waals surface area contributed by atoms with Crippen molar-refractivity contribution < 1.29 is 63.1 Å². The second-order valence-corrected chi connectivity index (χ2v) is 21.9. The van der Waals surface area contributed by atoms with Crippen LogP contribution in [0.3, 0.4) is 0 Å². The normalized spacial score (nSPS) is 39.2. The summed E-state index contributed by atoms with van der Waals surface area (Å²) in [6.07, 6.45) is -3.94. The first-order valence-electron chi connectivity index (χ1n) is 25.8. The molecule has 0 aliphatic carbocycles. The summed E-state index contributed by atoms with van der Waals surface area (Å²) in [7, 11) is 4.90. The SMILES string of the molecule is CC[C@H]1OC(=O)[C@H](C)[C@@H](C2C[C@@](C)(OC)[C@@H](O)[C@H](C)O2)[C@H](C)[C@@H](O[C@@H]2O[C@H](C)C[C@H](N(C)CCc3cn([C@H](CF)[C@H](OC)c4ccc(-n5ccnn5)cc4)nn3)[C@H]2O)[C@](C)(O)C[C@@H](C)C(=N)[C@H](C)[C@@H](O)[C@]1(C)O. The van der Waals surface area contributed by atoms with Gasteiger partial charge in [0.2, 0.25) is 0 Å². The number of nitrogens with one attached hydrogen (secondary N) is 1. The van der Waals surface area contributed by atoms with Gasteiger partial charge in [0.25, 0.3) is 0 Å². The number of carbonyl (C=O) groups excluding carboxylic acids is 1. The molecule has 5 heterocycles. The molecule has 3 aliphatic rings. The van der Waals surface area contributed by atoms with Gasteiger partial charge in [-0.25, -0.2) is 13.8 Å². The smallest absolute Gasteiger partial charge is 0.309 e. The van der Waals surface area contributed by atoms with Crippen LogP contribution in [-0.4, -0.2) is 185 Å². The fraction of sp³-hybridized carbons (Fsp3) is 0.769. The lowest BCUT2D eigenvalue weighted by molar-refractivity contribution is -0.302. The summed E-state index contributed by atoms with van der Waals surface area (Å²) in [6.45, 7) is 16.7. The summed E-state index contributed by atoms with van der Waals surface area (Å²) < 4.78 is 55.7. The third-order valence-electron chi connectivity index (χ3n) is 16.5. The van der Waals surface area contributed by atoms with E-state index in [9.17, 15) is 40.1 Å². The lowest BCUT2D eigenvalue weighted by Crippen LogP contribution is -2.62. The highest BCUT2D eigenvalue weighted by Crippen LogP contribution is 2.45. The first-order chi connectivity index (χ1) is 34.3. The Bertz CT molecular complexity index is 2240. The van der Waals surface area contributed by atoms with Gasteiger partial charge in [0.05, 0.1) is 71.4 Å². The molecule has 6 rings (SSSR count). The molecule has 3 saturated heterocycles. The summed E-state index contributed by atoms with van der Waals surface area (Å²) in [5.41, 5.74) is -2.63. The van der Waals surface area contributed by atoms with Crippen molar-refractivity contribution in [1.29, 1.82) is 5.41 Å². The Labute approximate surface area is 429 Å². The number of hydrogen-bond donors (Lipinski definition) is 6. The molecule has 0 bridgehead atoms. The largest absolute Gasteiger partial charge is 0.459 e. The minimum Gasteiger partial charge on any atom is -0.459 e. The number of likely N-dealkylation sites (N-methyl/N-ethyl adjacent to an activating group) is 1. The van der Waals surface area contributed by atoms with Crippen molar-refractivity contribution in [3.63, 3.8) is 0 Å². The molecule has 0 amide bonds. The molecule has 0 radical (unpaired) electrons. The van der Waals surface area contributed by atoms with E-state index in [0.717, 1.165) is 11.3 Å². The zero-order valence-electron chi connectivity index (χ0n) is 44.9. The van der Waals surface area contributed by atoms with Crippen LogP contribution in [0.25, 0.3) is 5.69 Å². The minimum atomic E-state index is -1.95. The van der Waals surface area contributed by atoms with Gasteiger partial charge in [-0.05, 0) is 90.5 Å². The number of carbonyl (C=O) groups is 1. The highest BCUT2D eigenvalue weighted by atomic mass is 19.1. The van der Waals surface area contributed by atoms with Gasteiger partial charge in [0.15, 0.2) is 6.29 Å². The molecule has 2 aromatic heterocycles. The summed E-state index contributed by atoms with van der Waals surface area (Å²) in [6, 6.07) is 6.07. The molecule has 0 saturated carbocycles.